The Balaban J connectivity index is 1.20. The van der Waals surface area contributed by atoms with Crippen LogP contribution in [0.4, 0.5) is 0 Å². The summed E-state index contributed by atoms with van der Waals surface area (Å²) in [6.07, 6.45) is 14.0. The molecule has 2 saturated carbocycles. The van der Waals surface area contributed by atoms with Crippen LogP contribution in [0.2, 0.25) is 0 Å². The lowest BCUT2D eigenvalue weighted by Crippen LogP contribution is -2.54. The fourth-order valence-electron chi connectivity index (χ4n) is 9.87. The van der Waals surface area contributed by atoms with Gasteiger partial charge in [0, 0.05) is 31.4 Å². The molecule has 11 heteroatoms. The number of nitrogens with one attached hydrogen (secondary N) is 2. The number of carbonyl (C=O) groups is 3. The maximum Gasteiger partial charge on any atom is 0.338 e. The van der Waals surface area contributed by atoms with Crippen molar-refractivity contribution in [3.05, 3.63) is 52.6 Å². The first-order valence-electron chi connectivity index (χ1n) is 21.8. The van der Waals surface area contributed by atoms with Gasteiger partial charge in [-0.1, -0.05) is 77.2 Å². The highest BCUT2D eigenvalue weighted by atomic mass is 16.8. The Bertz CT molecular complexity index is 1630. The Hall–Kier alpha value is -3.09. The number of amides is 2. The molecule has 6 rings (SSSR count). The first-order chi connectivity index (χ1) is 27.2. The molecular formula is C46H68N2O9. The summed E-state index contributed by atoms with van der Waals surface area (Å²) < 4.78 is 25.9. The molecule has 1 aromatic carbocycles. The van der Waals surface area contributed by atoms with Gasteiger partial charge in [0.05, 0.1) is 30.0 Å². The molecular weight excluding hydrogens is 725 g/mol. The van der Waals surface area contributed by atoms with Crippen molar-refractivity contribution < 1.29 is 43.5 Å². The normalized spacial score (nSPS) is 31.4. The van der Waals surface area contributed by atoms with E-state index in [-0.39, 0.29) is 30.7 Å². The lowest BCUT2D eigenvalue weighted by atomic mass is 9.52. The third kappa shape index (κ3) is 10.2. The average Bonchev–Trinajstić information content (AvgIpc) is 3.66. The first-order valence-corrected chi connectivity index (χ1v) is 21.8. The highest BCUT2D eigenvalue weighted by Gasteiger charge is 2.56. The highest BCUT2D eigenvalue weighted by molar-refractivity contribution is 5.97. The molecule has 0 radical (unpaired) electrons. The Morgan fingerprint density at radius 2 is 1.68 bits per heavy atom. The number of rotatable bonds is 17. The van der Waals surface area contributed by atoms with Crippen LogP contribution >= 0.6 is 0 Å². The lowest BCUT2D eigenvalue weighted by Gasteiger charge is -2.53. The Labute approximate surface area is 339 Å². The molecule has 1 unspecified atom stereocenters. The molecule has 1 aromatic rings. The number of ether oxygens (including phenoxy) is 4. The molecule has 4 N–H and O–H groups in total. The van der Waals surface area contributed by atoms with Crippen LogP contribution in [0.1, 0.15) is 147 Å². The minimum atomic E-state index is -1.25. The second-order valence-corrected chi connectivity index (χ2v) is 18.3. The summed E-state index contributed by atoms with van der Waals surface area (Å²) in [5, 5.41) is 24.7. The topological polar surface area (TPSA) is 156 Å². The quantitative estimate of drug-likeness (QED) is 0.0747. The van der Waals surface area contributed by atoms with Gasteiger partial charge in [-0.05, 0) is 99.8 Å². The van der Waals surface area contributed by atoms with E-state index >= 15 is 0 Å². The third-order valence-electron chi connectivity index (χ3n) is 13.4. The van der Waals surface area contributed by atoms with Crippen molar-refractivity contribution in [2.24, 2.45) is 17.3 Å². The minimum Gasteiger partial charge on any atom is -0.456 e. The summed E-state index contributed by atoms with van der Waals surface area (Å²) in [6.45, 7) is 12.5. The monoisotopic (exact) mass is 792 g/mol. The number of hydrogen-bond acceptors (Lipinski definition) is 9. The SMILES string of the molecule is CCCCCC1(CCCCC)O[C@@H]2[C@@H](C=C(C(=O)N[C@@H](C(=O)NCCO)[C@H](C)O)C[C@H]2OC(=O)c2ccc(C=C3CCC4O[C@]4(C)CC[C@@H]4[C@@H]3CC4(C)C)cc2)O1. The molecule has 0 spiro atoms. The maximum absolute atomic E-state index is 13.9. The number of allylic oxidation sites excluding steroid dienone is 1. The molecule has 9 atom stereocenters. The Kier molecular flexibility index (Phi) is 14.1. The zero-order chi connectivity index (χ0) is 41.0. The van der Waals surface area contributed by atoms with Gasteiger partial charge >= 0.3 is 5.97 Å². The molecule has 2 heterocycles. The van der Waals surface area contributed by atoms with Crippen LogP contribution in [0.25, 0.3) is 6.08 Å². The van der Waals surface area contributed by atoms with Crippen LogP contribution in [0, 0.1) is 17.3 Å². The van der Waals surface area contributed by atoms with Crippen LogP contribution in [-0.4, -0.2) is 89.1 Å². The van der Waals surface area contributed by atoms with E-state index in [0.717, 1.165) is 63.4 Å². The number of hydrogen-bond donors (Lipinski definition) is 4. The highest BCUT2D eigenvalue weighted by Crippen LogP contribution is 2.59. The molecule has 11 nitrogen and oxygen atoms in total. The van der Waals surface area contributed by atoms with E-state index in [0.29, 0.717) is 41.8 Å². The number of epoxide rings is 1. The fraction of sp³-hybridized carbons (Fsp3) is 0.717. The van der Waals surface area contributed by atoms with Gasteiger partial charge in [-0.15, -0.1) is 0 Å². The number of aliphatic hydroxyl groups is 2. The lowest BCUT2D eigenvalue weighted by molar-refractivity contribution is -0.190. The van der Waals surface area contributed by atoms with Crippen LogP contribution in [0.3, 0.4) is 0 Å². The van der Waals surface area contributed by atoms with Gasteiger partial charge in [0.1, 0.15) is 24.4 Å². The van der Waals surface area contributed by atoms with Gasteiger partial charge in [0.15, 0.2) is 5.79 Å². The van der Waals surface area contributed by atoms with E-state index in [1.807, 2.05) is 12.1 Å². The van der Waals surface area contributed by atoms with Gasteiger partial charge in [-0.2, -0.15) is 0 Å². The molecule has 57 heavy (non-hydrogen) atoms. The van der Waals surface area contributed by atoms with E-state index in [4.69, 9.17) is 18.9 Å². The van der Waals surface area contributed by atoms with Crippen molar-refractivity contribution in [1.82, 2.24) is 10.6 Å². The van der Waals surface area contributed by atoms with Crippen molar-refractivity contribution in [2.75, 3.05) is 13.2 Å². The van der Waals surface area contributed by atoms with Crippen molar-refractivity contribution in [3.8, 4) is 0 Å². The maximum atomic E-state index is 13.9. The van der Waals surface area contributed by atoms with Gasteiger partial charge < -0.3 is 39.8 Å². The summed E-state index contributed by atoms with van der Waals surface area (Å²) in [5.74, 6) is -1.37. The van der Waals surface area contributed by atoms with E-state index in [1.165, 1.54) is 25.3 Å². The number of unbranched alkanes of at least 4 members (excludes halogenated alkanes) is 4. The summed E-state index contributed by atoms with van der Waals surface area (Å²) >= 11 is 0. The fourth-order valence-corrected chi connectivity index (χ4v) is 9.87. The van der Waals surface area contributed by atoms with Crippen molar-refractivity contribution in [1.29, 1.82) is 0 Å². The smallest absolute Gasteiger partial charge is 0.338 e. The van der Waals surface area contributed by atoms with Crippen molar-refractivity contribution in [2.45, 2.75) is 179 Å². The number of aliphatic hydroxyl groups excluding tert-OH is 2. The summed E-state index contributed by atoms with van der Waals surface area (Å²) in [7, 11) is 0. The summed E-state index contributed by atoms with van der Waals surface area (Å²) in [5.41, 5.74) is 3.56. The number of benzene rings is 1. The number of carbonyl (C=O) groups excluding carboxylic acids is 3. The van der Waals surface area contributed by atoms with Gasteiger partial charge in [0.2, 0.25) is 11.8 Å². The van der Waals surface area contributed by atoms with E-state index < -0.39 is 54.0 Å². The van der Waals surface area contributed by atoms with Crippen molar-refractivity contribution >= 4 is 23.9 Å². The molecule has 3 aliphatic carbocycles. The zero-order valence-electron chi connectivity index (χ0n) is 35.1. The van der Waals surface area contributed by atoms with Crippen LogP contribution in [-0.2, 0) is 28.5 Å². The summed E-state index contributed by atoms with van der Waals surface area (Å²) in [4.78, 5) is 40.5. The van der Waals surface area contributed by atoms with Gasteiger partial charge in [-0.3, -0.25) is 9.59 Å². The second-order valence-electron chi connectivity index (χ2n) is 18.3. The van der Waals surface area contributed by atoms with Crippen LogP contribution in [0.15, 0.2) is 41.5 Å². The molecule has 2 saturated heterocycles. The molecule has 316 valence electrons. The van der Waals surface area contributed by atoms with Gasteiger partial charge in [-0.25, -0.2) is 4.79 Å². The van der Waals surface area contributed by atoms with E-state index in [9.17, 15) is 24.6 Å². The molecule has 5 aliphatic rings. The molecule has 0 aromatic heterocycles. The second kappa shape index (κ2) is 18.4. The largest absolute Gasteiger partial charge is 0.456 e. The number of esters is 1. The number of fused-ring (bicyclic) bond motifs is 3. The Morgan fingerprint density at radius 1 is 0.982 bits per heavy atom. The molecule has 2 amide bonds. The predicted octanol–water partition coefficient (Wildman–Crippen LogP) is 6.93. The standard InChI is InChI=1S/C46H68N2O9/c1-7-9-11-20-46(21-12-10-8-2)55-37-27-33(41(51)48-39(29(3)50)42(52)47-23-24-49)26-36(40(37)57-46)54-43(53)31-15-13-30(14-16-31)25-32-17-18-38-45(6,56-38)22-19-35-34(32)28-44(35,4)5/h13-16,25,27,29,34-40,49-50H,7-12,17-24,26,28H2,1-6H3,(H,47,52)(H,48,51)/t29-,34+,35+,36+,37+,38?,39+,40-,45+/m0/s1. The average molecular weight is 793 g/mol. The predicted molar refractivity (Wildman–Crippen MR) is 218 cm³/mol. The van der Waals surface area contributed by atoms with Crippen LogP contribution < -0.4 is 10.6 Å². The van der Waals surface area contributed by atoms with E-state index in [1.54, 1.807) is 18.2 Å². The molecule has 4 fully saturated rings. The zero-order valence-corrected chi connectivity index (χ0v) is 35.1. The minimum absolute atomic E-state index is 0.0150. The first kappa shape index (κ1) is 43.5. The van der Waals surface area contributed by atoms with Crippen molar-refractivity contribution in [3.63, 3.8) is 0 Å². The van der Waals surface area contributed by atoms with Crippen LogP contribution in [0.5, 0.6) is 0 Å². The van der Waals surface area contributed by atoms with E-state index in [2.05, 4.69) is 51.3 Å². The third-order valence-corrected chi connectivity index (χ3v) is 13.4. The summed E-state index contributed by atoms with van der Waals surface area (Å²) in [6, 6.07) is 6.32. The molecule has 0 bridgehead atoms. The van der Waals surface area contributed by atoms with Gasteiger partial charge in [0.25, 0.3) is 0 Å². The molecule has 2 aliphatic heterocycles. The Morgan fingerprint density at radius 3 is 2.32 bits per heavy atom.